The lowest BCUT2D eigenvalue weighted by Crippen LogP contribution is -1.96. The minimum absolute atomic E-state index is 0.379. The number of rotatable bonds is 4. The summed E-state index contributed by atoms with van der Waals surface area (Å²) in [5, 5.41) is 9.28. The average molecular weight is 218 g/mol. The van der Waals surface area contributed by atoms with Crippen LogP contribution in [0.3, 0.4) is 0 Å². The summed E-state index contributed by atoms with van der Waals surface area (Å²) in [7, 11) is 0. The largest absolute Gasteiger partial charge is 0.389 e. The zero-order valence-corrected chi connectivity index (χ0v) is 10.7. The van der Waals surface area contributed by atoms with Gasteiger partial charge in [-0.1, -0.05) is 44.2 Å². The molecule has 0 spiro atoms. The molecule has 0 saturated carbocycles. The molecule has 0 aliphatic rings. The summed E-state index contributed by atoms with van der Waals surface area (Å²) in [6.45, 7) is 8.26. The van der Waals surface area contributed by atoms with E-state index in [2.05, 4.69) is 38.1 Å². The first kappa shape index (κ1) is 13.0. The Bertz CT molecular complexity index is 344. The molecule has 1 rings (SSSR count). The van der Waals surface area contributed by atoms with Gasteiger partial charge in [0.15, 0.2) is 0 Å². The molecular formula is C15H22O. The molecule has 1 aromatic carbocycles. The molecule has 0 aliphatic carbocycles. The Morgan fingerprint density at radius 3 is 2.19 bits per heavy atom. The quantitative estimate of drug-likeness (QED) is 0.817. The Morgan fingerprint density at radius 2 is 1.75 bits per heavy atom. The van der Waals surface area contributed by atoms with Crippen LogP contribution in [0.15, 0.2) is 30.3 Å². The van der Waals surface area contributed by atoms with E-state index in [1.165, 1.54) is 11.1 Å². The summed E-state index contributed by atoms with van der Waals surface area (Å²) >= 11 is 0. The van der Waals surface area contributed by atoms with Crippen molar-refractivity contribution < 1.29 is 5.11 Å². The van der Waals surface area contributed by atoms with Gasteiger partial charge in [0.1, 0.15) is 0 Å². The van der Waals surface area contributed by atoms with Gasteiger partial charge in [0.25, 0.3) is 0 Å². The number of aliphatic hydroxyl groups is 1. The van der Waals surface area contributed by atoms with Crippen LogP contribution in [0.5, 0.6) is 0 Å². The van der Waals surface area contributed by atoms with Crippen LogP contribution in [-0.4, -0.2) is 11.2 Å². The first-order valence-electron chi connectivity index (χ1n) is 5.95. The Hall–Kier alpha value is -1.08. The molecule has 1 heteroatoms. The molecule has 1 unspecified atom stereocenters. The number of aliphatic hydroxyl groups excluding tert-OH is 1. The van der Waals surface area contributed by atoms with Crippen LogP contribution in [0.4, 0.5) is 0 Å². The van der Waals surface area contributed by atoms with E-state index in [1.807, 2.05) is 13.0 Å². The van der Waals surface area contributed by atoms with Crippen LogP contribution in [0.1, 0.15) is 38.8 Å². The number of allylic oxidation sites excluding steroid dienone is 1. The fraction of sp³-hybridized carbons (Fsp3) is 0.467. The number of hydrogen-bond donors (Lipinski definition) is 1. The lowest BCUT2D eigenvalue weighted by atomic mass is 9.99. The molecule has 1 atom stereocenters. The lowest BCUT2D eigenvalue weighted by molar-refractivity contribution is 0.244. The second-order valence-corrected chi connectivity index (χ2v) is 4.89. The van der Waals surface area contributed by atoms with Crippen molar-refractivity contribution in [2.45, 2.75) is 40.2 Å². The maximum atomic E-state index is 9.28. The van der Waals surface area contributed by atoms with Crippen LogP contribution < -0.4 is 0 Å². The normalized spacial score (nSPS) is 14.2. The number of benzene rings is 1. The summed E-state index contributed by atoms with van der Waals surface area (Å²) in [6.07, 6.45) is 2.62. The SMILES string of the molecule is C/C(=C/C(C)O)c1ccc(CC(C)C)cc1. The third kappa shape index (κ3) is 4.19. The fourth-order valence-electron chi connectivity index (χ4n) is 1.83. The zero-order valence-electron chi connectivity index (χ0n) is 10.7. The van der Waals surface area contributed by atoms with Gasteiger partial charge in [-0.3, -0.25) is 0 Å². The van der Waals surface area contributed by atoms with Gasteiger partial charge in [0.05, 0.1) is 6.10 Å². The van der Waals surface area contributed by atoms with E-state index in [1.54, 1.807) is 6.92 Å². The average Bonchev–Trinajstić information content (AvgIpc) is 2.16. The second-order valence-electron chi connectivity index (χ2n) is 4.89. The minimum Gasteiger partial charge on any atom is -0.389 e. The maximum absolute atomic E-state index is 9.28. The van der Waals surface area contributed by atoms with Gasteiger partial charge in [-0.15, -0.1) is 0 Å². The van der Waals surface area contributed by atoms with Gasteiger partial charge in [0.2, 0.25) is 0 Å². The summed E-state index contributed by atoms with van der Waals surface area (Å²) < 4.78 is 0. The highest BCUT2D eigenvalue weighted by Gasteiger charge is 2.00. The van der Waals surface area contributed by atoms with Crippen molar-refractivity contribution in [3.63, 3.8) is 0 Å². The molecule has 0 fully saturated rings. The van der Waals surface area contributed by atoms with Crippen molar-refractivity contribution in [2.75, 3.05) is 0 Å². The van der Waals surface area contributed by atoms with Crippen molar-refractivity contribution >= 4 is 5.57 Å². The summed E-state index contributed by atoms with van der Waals surface area (Å²) in [5.41, 5.74) is 3.70. The van der Waals surface area contributed by atoms with Crippen molar-refractivity contribution in [3.05, 3.63) is 41.5 Å². The fourth-order valence-corrected chi connectivity index (χ4v) is 1.83. The highest BCUT2D eigenvalue weighted by molar-refractivity contribution is 5.64. The van der Waals surface area contributed by atoms with Gasteiger partial charge in [0, 0.05) is 0 Å². The van der Waals surface area contributed by atoms with Gasteiger partial charge in [-0.05, 0) is 42.9 Å². The van der Waals surface area contributed by atoms with Crippen LogP contribution >= 0.6 is 0 Å². The molecule has 0 bridgehead atoms. The zero-order chi connectivity index (χ0) is 12.1. The number of hydrogen-bond acceptors (Lipinski definition) is 1. The summed E-state index contributed by atoms with van der Waals surface area (Å²) in [5.74, 6) is 0.694. The monoisotopic (exact) mass is 218 g/mol. The van der Waals surface area contributed by atoms with E-state index in [0.29, 0.717) is 5.92 Å². The predicted octanol–water partition coefficient (Wildman–Crippen LogP) is 3.67. The smallest absolute Gasteiger partial charge is 0.0698 e. The molecule has 0 saturated heterocycles. The van der Waals surface area contributed by atoms with E-state index in [9.17, 15) is 5.11 Å². The first-order chi connectivity index (χ1) is 7.49. The minimum atomic E-state index is -0.379. The van der Waals surface area contributed by atoms with E-state index < -0.39 is 0 Å². The highest BCUT2D eigenvalue weighted by atomic mass is 16.3. The third-order valence-corrected chi connectivity index (χ3v) is 2.54. The van der Waals surface area contributed by atoms with Gasteiger partial charge in [-0.2, -0.15) is 0 Å². The van der Waals surface area contributed by atoms with Crippen molar-refractivity contribution in [1.29, 1.82) is 0 Å². The first-order valence-corrected chi connectivity index (χ1v) is 5.95. The molecule has 0 radical (unpaired) electrons. The Labute approximate surface area is 98.8 Å². The van der Waals surface area contributed by atoms with Gasteiger partial charge < -0.3 is 5.11 Å². The van der Waals surface area contributed by atoms with Gasteiger partial charge in [-0.25, -0.2) is 0 Å². The Morgan fingerprint density at radius 1 is 1.19 bits per heavy atom. The molecule has 88 valence electrons. The molecule has 1 aromatic rings. The summed E-state index contributed by atoms with van der Waals surface area (Å²) in [4.78, 5) is 0. The molecule has 0 heterocycles. The third-order valence-electron chi connectivity index (χ3n) is 2.54. The maximum Gasteiger partial charge on any atom is 0.0698 e. The van der Waals surface area contributed by atoms with E-state index >= 15 is 0 Å². The molecule has 0 amide bonds. The highest BCUT2D eigenvalue weighted by Crippen LogP contribution is 2.16. The standard InChI is InChI=1S/C15H22O/c1-11(2)9-14-5-7-15(8-6-14)12(3)10-13(4)16/h5-8,10-11,13,16H,9H2,1-4H3/b12-10-. The van der Waals surface area contributed by atoms with Crippen LogP contribution in [0.2, 0.25) is 0 Å². The predicted molar refractivity (Wildman–Crippen MR) is 70.3 cm³/mol. The van der Waals surface area contributed by atoms with Crippen LogP contribution in [0.25, 0.3) is 5.57 Å². The van der Waals surface area contributed by atoms with Crippen molar-refractivity contribution in [3.8, 4) is 0 Å². The molecule has 16 heavy (non-hydrogen) atoms. The molecule has 0 aliphatic heterocycles. The van der Waals surface area contributed by atoms with E-state index in [4.69, 9.17) is 0 Å². The van der Waals surface area contributed by atoms with Crippen LogP contribution in [0, 0.1) is 5.92 Å². The molecule has 1 nitrogen and oxygen atoms in total. The topological polar surface area (TPSA) is 20.2 Å². The second kappa shape index (κ2) is 5.86. The Kier molecular flexibility index (Phi) is 4.75. The van der Waals surface area contributed by atoms with Crippen LogP contribution in [-0.2, 0) is 6.42 Å². The van der Waals surface area contributed by atoms with E-state index in [0.717, 1.165) is 12.0 Å². The summed E-state index contributed by atoms with van der Waals surface area (Å²) in [6, 6.07) is 8.61. The molecule has 1 N–H and O–H groups in total. The molecular weight excluding hydrogens is 196 g/mol. The van der Waals surface area contributed by atoms with E-state index in [-0.39, 0.29) is 6.10 Å². The van der Waals surface area contributed by atoms with Crippen molar-refractivity contribution in [2.24, 2.45) is 5.92 Å². The van der Waals surface area contributed by atoms with Gasteiger partial charge >= 0.3 is 0 Å². The van der Waals surface area contributed by atoms with Crippen molar-refractivity contribution in [1.82, 2.24) is 0 Å². The Balaban J connectivity index is 2.78. The lowest BCUT2D eigenvalue weighted by Gasteiger charge is -2.07. The molecule has 0 aromatic heterocycles.